The zero-order valence-corrected chi connectivity index (χ0v) is 6.60. The van der Waals surface area contributed by atoms with E-state index >= 15 is 0 Å². The van der Waals surface area contributed by atoms with Crippen LogP contribution in [0.5, 0.6) is 0 Å². The Morgan fingerprint density at radius 2 is 2.09 bits per heavy atom. The fourth-order valence-electron chi connectivity index (χ4n) is 0.345. The highest BCUT2D eigenvalue weighted by molar-refractivity contribution is 5.65. The molecule has 1 amide bonds. The molecule has 0 aliphatic carbocycles. The summed E-state index contributed by atoms with van der Waals surface area (Å²) >= 11 is 0. The van der Waals surface area contributed by atoms with Crippen LogP contribution in [0.4, 0.5) is 4.79 Å². The van der Waals surface area contributed by atoms with Gasteiger partial charge in [-0.15, -0.1) is 0 Å². The standard InChI is InChI=1S/C5H10N2O4/c1-4(2)11-5(8)6(3)7(9)10/h4H,1-3H3. The van der Waals surface area contributed by atoms with Gasteiger partial charge in [-0.25, -0.2) is 14.9 Å². The maximum atomic E-state index is 10.7. The van der Waals surface area contributed by atoms with E-state index in [1.54, 1.807) is 13.8 Å². The fourth-order valence-corrected chi connectivity index (χ4v) is 0.345. The Hall–Kier alpha value is -1.33. The molecule has 0 aromatic carbocycles. The van der Waals surface area contributed by atoms with E-state index in [2.05, 4.69) is 4.74 Å². The lowest BCUT2D eigenvalue weighted by molar-refractivity contribution is -0.628. The summed E-state index contributed by atoms with van der Waals surface area (Å²) in [5.41, 5.74) is 0. The van der Waals surface area contributed by atoms with Crippen molar-refractivity contribution in [3.8, 4) is 0 Å². The molecule has 6 heteroatoms. The van der Waals surface area contributed by atoms with E-state index in [0.29, 0.717) is 5.01 Å². The van der Waals surface area contributed by atoms with Gasteiger partial charge >= 0.3 is 6.09 Å². The minimum absolute atomic E-state index is 0.292. The largest absolute Gasteiger partial charge is 0.468 e. The highest BCUT2D eigenvalue weighted by atomic mass is 16.7. The van der Waals surface area contributed by atoms with Gasteiger partial charge in [0.15, 0.2) is 5.03 Å². The second-order valence-electron chi connectivity index (χ2n) is 2.19. The lowest BCUT2D eigenvalue weighted by Gasteiger charge is -2.09. The van der Waals surface area contributed by atoms with Crippen molar-refractivity contribution >= 4 is 6.09 Å². The Bertz CT molecular complexity index is 168. The first-order valence-electron chi connectivity index (χ1n) is 3.03. The number of amides is 1. The van der Waals surface area contributed by atoms with Gasteiger partial charge in [0.2, 0.25) is 0 Å². The van der Waals surface area contributed by atoms with E-state index < -0.39 is 11.1 Å². The molecule has 0 N–H and O–H groups in total. The Morgan fingerprint density at radius 3 is 2.36 bits per heavy atom. The molecule has 64 valence electrons. The summed E-state index contributed by atoms with van der Waals surface area (Å²) in [4.78, 5) is 20.6. The third-order valence-electron chi connectivity index (χ3n) is 0.846. The molecule has 0 aromatic heterocycles. The molecular weight excluding hydrogens is 152 g/mol. The number of nitrogens with zero attached hydrogens (tertiary/aromatic N) is 2. The summed E-state index contributed by atoms with van der Waals surface area (Å²) in [5, 5.41) is 9.40. The fraction of sp³-hybridized carbons (Fsp3) is 0.800. The number of ether oxygens (including phenoxy) is 1. The summed E-state index contributed by atoms with van der Waals surface area (Å²) in [5.74, 6) is 0. The average molecular weight is 162 g/mol. The third-order valence-corrected chi connectivity index (χ3v) is 0.846. The van der Waals surface area contributed by atoms with E-state index in [4.69, 9.17) is 0 Å². The maximum Gasteiger partial charge on any atom is 0.468 e. The van der Waals surface area contributed by atoms with Crippen molar-refractivity contribution in [3.63, 3.8) is 0 Å². The van der Waals surface area contributed by atoms with Crippen LogP contribution in [-0.4, -0.2) is 29.3 Å². The van der Waals surface area contributed by atoms with Crippen LogP contribution in [-0.2, 0) is 4.74 Å². The summed E-state index contributed by atoms with van der Waals surface area (Å²) in [7, 11) is 1.03. The van der Waals surface area contributed by atoms with Crippen LogP contribution < -0.4 is 0 Å². The smallest absolute Gasteiger partial charge is 0.443 e. The molecule has 0 rings (SSSR count). The number of hydrogen-bond acceptors (Lipinski definition) is 4. The van der Waals surface area contributed by atoms with Crippen LogP contribution in [0.25, 0.3) is 0 Å². The van der Waals surface area contributed by atoms with Crippen LogP contribution in [0, 0.1) is 10.1 Å². The van der Waals surface area contributed by atoms with Gasteiger partial charge in [0.05, 0.1) is 13.2 Å². The molecule has 0 unspecified atom stereocenters. The second kappa shape index (κ2) is 3.75. The Balaban J connectivity index is 3.93. The molecule has 0 spiro atoms. The normalized spacial score (nSPS) is 9.45. The van der Waals surface area contributed by atoms with Crippen molar-refractivity contribution in [2.45, 2.75) is 20.0 Å². The highest BCUT2D eigenvalue weighted by Gasteiger charge is 2.20. The van der Waals surface area contributed by atoms with Crippen molar-refractivity contribution in [1.82, 2.24) is 5.01 Å². The van der Waals surface area contributed by atoms with E-state index in [0.717, 1.165) is 7.05 Å². The first kappa shape index (κ1) is 9.67. The monoisotopic (exact) mass is 162 g/mol. The van der Waals surface area contributed by atoms with Gasteiger partial charge in [0.25, 0.3) is 0 Å². The summed E-state index contributed by atoms with van der Waals surface area (Å²) in [6, 6.07) is 0. The third kappa shape index (κ3) is 3.39. The molecule has 6 nitrogen and oxygen atoms in total. The predicted molar refractivity (Wildman–Crippen MR) is 36.4 cm³/mol. The van der Waals surface area contributed by atoms with Crippen LogP contribution >= 0.6 is 0 Å². The number of carbonyl (C=O) groups excluding carboxylic acids is 1. The van der Waals surface area contributed by atoms with Gasteiger partial charge in [-0.1, -0.05) is 0 Å². The SMILES string of the molecule is CC(C)OC(=O)N(C)[N+](=O)[O-]. The van der Waals surface area contributed by atoms with Crippen LogP contribution in [0.1, 0.15) is 13.8 Å². The maximum absolute atomic E-state index is 10.7. The number of hydrazine groups is 1. The zero-order chi connectivity index (χ0) is 9.02. The van der Waals surface area contributed by atoms with Crippen molar-refractivity contribution in [3.05, 3.63) is 10.1 Å². The van der Waals surface area contributed by atoms with Crippen LogP contribution in [0.3, 0.4) is 0 Å². The minimum Gasteiger partial charge on any atom is -0.443 e. The van der Waals surface area contributed by atoms with Gasteiger partial charge in [0, 0.05) is 0 Å². The molecule has 0 aliphatic rings. The number of carbonyl (C=O) groups is 1. The van der Waals surface area contributed by atoms with Gasteiger partial charge < -0.3 is 4.74 Å². The Morgan fingerprint density at radius 1 is 1.64 bits per heavy atom. The van der Waals surface area contributed by atoms with E-state index in [1.807, 2.05) is 0 Å². The highest BCUT2D eigenvalue weighted by Crippen LogP contribution is 1.94. The molecule has 0 saturated heterocycles. The zero-order valence-electron chi connectivity index (χ0n) is 6.60. The van der Waals surface area contributed by atoms with Crippen molar-refractivity contribution in [1.29, 1.82) is 0 Å². The first-order valence-corrected chi connectivity index (χ1v) is 3.03. The molecule has 0 atom stereocenters. The van der Waals surface area contributed by atoms with E-state index in [1.165, 1.54) is 0 Å². The second-order valence-corrected chi connectivity index (χ2v) is 2.19. The molecule has 0 bridgehead atoms. The number of rotatable bonds is 2. The van der Waals surface area contributed by atoms with Crippen LogP contribution in [0.2, 0.25) is 0 Å². The molecular formula is C5H10N2O4. The lowest BCUT2D eigenvalue weighted by atomic mass is 10.5. The van der Waals surface area contributed by atoms with Gasteiger partial charge in [0.1, 0.15) is 0 Å². The molecule has 0 aromatic rings. The molecule has 0 fully saturated rings. The lowest BCUT2D eigenvalue weighted by Crippen LogP contribution is -2.34. The molecule has 0 radical (unpaired) electrons. The summed E-state index contributed by atoms with van der Waals surface area (Å²) < 4.78 is 4.52. The first-order chi connectivity index (χ1) is 4.95. The molecule has 0 saturated carbocycles. The van der Waals surface area contributed by atoms with Gasteiger partial charge in [-0.05, 0) is 18.9 Å². The number of hydrogen-bond donors (Lipinski definition) is 0. The van der Waals surface area contributed by atoms with E-state index in [-0.39, 0.29) is 6.10 Å². The molecule has 11 heavy (non-hydrogen) atoms. The minimum atomic E-state index is -0.954. The summed E-state index contributed by atoms with van der Waals surface area (Å²) in [6.45, 7) is 3.23. The van der Waals surface area contributed by atoms with Crippen molar-refractivity contribution in [2.75, 3.05) is 7.05 Å². The van der Waals surface area contributed by atoms with Gasteiger partial charge in [-0.3, -0.25) is 0 Å². The van der Waals surface area contributed by atoms with Crippen LogP contribution in [0.15, 0.2) is 0 Å². The molecule has 0 heterocycles. The number of nitro groups is 1. The molecule has 0 aliphatic heterocycles. The topological polar surface area (TPSA) is 72.7 Å². The van der Waals surface area contributed by atoms with E-state index in [9.17, 15) is 14.9 Å². The van der Waals surface area contributed by atoms with Crippen molar-refractivity contribution < 1.29 is 14.6 Å². The average Bonchev–Trinajstić information content (AvgIpc) is 1.84. The summed E-state index contributed by atoms with van der Waals surface area (Å²) in [6.07, 6.45) is -1.30. The van der Waals surface area contributed by atoms with Crippen molar-refractivity contribution in [2.24, 2.45) is 0 Å². The predicted octanol–water partition coefficient (Wildman–Crippen LogP) is 0.655. The van der Waals surface area contributed by atoms with Gasteiger partial charge in [-0.2, -0.15) is 0 Å². The Kier molecular flexibility index (Phi) is 3.29. The Labute approximate surface area is 63.9 Å². The quantitative estimate of drug-likeness (QED) is 0.441.